The number of aromatic nitrogens is 3. The van der Waals surface area contributed by atoms with E-state index in [0.29, 0.717) is 22.3 Å². The first-order chi connectivity index (χ1) is 12.3. The highest BCUT2D eigenvalue weighted by molar-refractivity contribution is 7.12. The monoisotopic (exact) mass is 348 g/mol. The summed E-state index contributed by atoms with van der Waals surface area (Å²) < 4.78 is 5.31. The SMILES string of the molecule is O=C(Nc1cccc(-c2noc(-c3ccncc3)n2)c1)c1cccs1. The molecule has 0 saturated carbocycles. The third-order valence-corrected chi connectivity index (χ3v) is 4.35. The predicted molar refractivity (Wildman–Crippen MR) is 95.2 cm³/mol. The molecule has 1 amide bonds. The number of nitrogens with zero attached hydrogens (tertiary/aromatic N) is 3. The quantitative estimate of drug-likeness (QED) is 0.600. The third kappa shape index (κ3) is 3.31. The molecular weight excluding hydrogens is 336 g/mol. The topological polar surface area (TPSA) is 80.9 Å². The molecule has 4 rings (SSSR count). The fraction of sp³-hybridized carbons (Fsp3) is 0. The Balaban J connectivity index is 1.58. The zero-order valence-corrected chi connectivity index (χ0v) is 13.7. The number of amides is 1. The minimum atomic E-state index is -0.141. The van der Waals surface area contributed by atoms with Gasteiger partial charge in [0.25, 0.3) is 11.8 Å². The second kappa shape index (κ2) is 6.66. The average Bonchev–Trinajstić information content (AvgIpc) is 3.35. The van der Waals surface area contributed by atoms with E-state index in [4.69, 9.17) is 4.52 Å². The second-order valence-electron chi connectivity index (χ2n) is 5.17. The lowest BCUT2D eigenvalue weighted by molar-refractivity contribution is 0.103. The number of carbonyl (C=O) groups is 1. The van der Waals surface area contributed by atoms with Gasteiger partial charge in [-0.05, 0) is 35.7 Å². The van der Waals surface area contributed by atoms with Gasteiger partial charge >= 0.3 is 0 Å². The fourth-order valence-electron chi connectivity index (χ4n) is 2.29. The molecule has 1 aromatic carbocycles. The number of benzene rings is 1. The molecule has 3 heterocycles. The summed E-state index contributed by atoms with van der Waals surface area (Å²) >= 11 is 1.39. The van der Waals surface area contributed by atoms with Crippen LogP contribution in [0.1, 0.15) is 9.67 Å². The summed E-state index contributed by atoms with van der Waals surface area (Å²) in [5.74, 6) is 0.738. The van der Waals surface area contributed by atoms with Gasteiger partial charge in [0, 0.05) is 29.2 Å². The van der Waals surface area contributed by atoms with E-state index in [1.807, 2.05) is 35.7 Å². The molecule has 122 valence electrons. The molecule has 25 heavy (non-hydrogen) atoms. The van der Waals surface area contributed by atoms with Crippen molar-refractivity contribution in [3.05, 3.63) is 71.2 Å². The Morgan fingerprint density at radius 2 is 1.92 bits per heavy atom. The van der Waals surface area contributed by atoms with Crippen LogP contribution in [-0.2, 0) is 0 Å². The van der Waals surface area contributed by atoms with Gasteiger partial charge in [0.2, 0.25) is 5.82 Å². The maximum absolute atomic E-state index is 12.2. The molecule has 0 spiro atoms. The molecule has 3 aromatic heterocycles. The number of thiophene rings is 1. The number of hydrogen-bond acceptors (Lipinski definition) is 6. The Morgan fingerprint density at radius 1 is 1.04 bits per heavy atom. The van der Waals surface area contributed by atoms with Gasteiger partial charge in [-0.1, -0.05) is 23.4 Å². The van der Waals surface area contributed by atoms with Gasteiger partial charge in [0.15, 0.2) is 0 Å². The van der Waals surface area contributed by atoms with Crippen molar-refractivity contribution in [1.29, 1.82) is 0 Å². The van der Waals surface area contributed by atoms with Crippen molar-refractivity contribution in [2.75, 3.05) is 5.32 Å². The normalized spacial score (nSPS) is 10.6. The van der Waals surface area contributed by atoms with Crippen LogP contribution in [0.2, 0.25) is 0 Å². The highest BCUT2D eigenvalue weighted by atomic mass is 32.1. The molecule has 0 saturated heterocycles. The summed E-state index contributed by atoms with van der Waals surface area (Å²) in [4.78, 5) is 21.2. The first-order valence-electron chi connectivity index (χ1n) is 7.49. The lowest BCUT2D eigenvalue weighted by Gasteiger charge is -2.04. The van der Waals surface area contributed by atoms with Gasteiger partial charge in [-0.2, -0.15) is 4.98 Å². The van der Waals surface area contributed by atoms with Crippen molar-refractivity contribution in [2.45, 2.75) is 0 Å². The minimum Gasteiger partial charge on any atom is -0.334 e. The van der Waals surface area contributed by atoms with Crippen molar-refractivity contribution in [3.63, 3.8) is 0 Å². The van der Waals surface area contributed by atoms with Crippen molar-refractivity contribution in [1.82, 2.24) is 15.1 Å². The van der Waals surface area contributed by atoms with E-state index >= 15 is 0 Å². The lowest BCUT2D eigenvalue weighted by Crippen LogP contribution is -2.09. The third-order valence-electron chi connectivity index (χ3n) is 3.48. The van der Waals surface area contributed by atoms with Crippen molar-refractivity contribution in [2.24, 2.45) is 0 Å². The zero-order chi connectivity index (χ0) is 17.1. The fourth-order valence-corrected chi connectivity index (χ4v) is 2.91. The van der Waals surface area contributed by atoms with E-state index in [0.717, 1.165) is 11.1 Å². The molecule has 0 unspecified atom stereocenters. The summed E-state index contributed by atoms with van der Waals surface area (Å²) in [5, 5.41) is 8.75. The van der Waals surface area contributed by atoms with Gasteiger partial charge in [0.1, 0.15) is 0 Å². The van der Waals surface area contributed by atoms with Crippen LogP contribution >= 0.6 is 11.3 Å². The summed E-state index contributed by atoms with van der Waals surface area (Å²) in [6, 6.07) is 14.6. The molecule has 0 aliphatic heterocycles. The van der Waals surface area contributed by atoms with E-state index in [-0.39, 0.29) is 5.91 Å². The number of carbonyl (C=O) groups excluding carboxylic acids is 1. The smallest absolute Gasteiger partial charge is 0.265 e. The van der Waals surface area contributed by atoms with Crippen LogP contribution in [-0.4, -0.2) is 21.0 Å². The lowest BCUT2D eigenvalue weighted by atomic mass is 10.2. The van der Waals surface area contributed by atoms with Crippen LogP contribution in [0.4, 0.5) is 5.69 Å². The number of hydrogen-bond donors (Lipinski definition) is 1. The Labute approximate surface area is 147 Å². The maximum atomic E-state index is 12.2. The van der Waals surface area contributed by atoms with Crippen LogP contribution in [0, 0.1) is 0 Å². The van der Waals surface area contributed by atoms with Gasteiger partial charge in [-0.25, -0.2) is 0 Å². The number of rotatable bonds is 4. The van der Waals surface area contributed by atoms with Crippen LogP contribution in [0.25, 0.3) is 22.8 Å². The molecule has 0 bridgehead atoms. The molecule has 0 aliphatic carbocycles. The number of nitrogens with one attached hydrogen (secondary N) is 1. The van der Waals surface area contributed by atoms with Crippen LogP contribution in [0.5, 0.6) is 0 Å². The summed E-state index contributed by atoms with van der Waals surface area (Å²) in [5.41, 5.74) is 2.23. The van der Waals surface area contributed by atoms with Crippen LogP contribution < -0.4 is 5.32 Å². The molecule has 0 radical (unpaired) electrons. The second-order valence-corrected chi connectivity index (χ2v) is 6.12. The van der Waals surface area contributed by atoms with E-state index in [1.165, 1.54) is 11.3 Å². The summed E-state index contributed by atoms with van der Waals surface area (Å²) in [6.07, 6.45) is 3.33. The standard InChI is InChI=1S/C18H12N4O2S/c23-17(15-5-2-10-25-15)20-14-4-1-3-13(11-14)16-21-18(24-22-16)12-6-8-19-9-7-12/h1-11H,(H,20,23). The molecule has 4 aromatic rings. The Hall–Kier alpha value is -3.32. The van der Waals surface area contributed by atoms with E-state index < -0.39 is 0 Å². The van der Waals surface area contributed by atoms with E-state index in [2.05, 4.69) is 20.4 Å². The van der Waals surface area contributed by atoms with Crippen molar-refractivity contribution in [3.8, 4) is 22.8 Å². The van der Waals surface area contributed by atoms with Crippen LogP contribution in [0.15, 0.2) is 70.8 Å². The van der Waals surface area contributed by atoms with Crippen LogP contribution in [0.3, 0.4) is 0 Å². The largest absolute Gasteiger partial charge is 0.334 e. The predicted octanol–water partition coefficient (Wildman–Crippen LogP) is 4.11. The van der Waals surface area contributed by atoms with E-state index in [1.54, 1.807) is 30.6 Å². The van der Waals surface area contributed by atoms with Gasteiger partial charge in [-0.3, -0.25) is 9.78 Å². The number of pyridine rings is 1. The Morgan fingerprint density at radius 3 is 2.72 bits per heavy atom. The molecule has 1 N–H and O–H groups in total. The highest BCUT2D eigenvalue weighted by Crippen LogP contribution is 2.24. The molecule has 7 heteroatoms. The average molecular weight is 348 g/mol. The van der Waals surface area contributed by atoms with Crippen molar-refractivity contribution < 1.29 is 9.32 Å². The Kier molecular flexibility index (Phi) is 4.05. The first kappa shape index (κ1) is 15.2. The zero-order valence-electron chi connectivity index (χ0n) is 12.9. The van der Waals surface area contributed by atoms with E-state index in [9.17, 15) is 4.79 Å². The summed E-state index contributed by atoms with van der Waals surface area (Å²) in [7, 11) is 0. The minimum absolute atomic E-state index is 0.141. The molecule has 6 nitrogen and oxygen atoms in total. The molecule has 0 aliphatic rings. The highest BCUT2D eigenvalue weighted by Gasteiger charge is 2.12. The molecule has 0 atom stereocenters. The van der Waals surface area contributed by atoms with Gasteiger partial charge in [0.05, 0.1) is 4.88 Å². The van der Waals surface area contributed by atoms with Crippen molar-refractivity contribution >= 4 is 22.9 Å². The first-order valence-corrected chi connectivity index (χ1v) is 8.37. The van der Waals surface area contributed by atoms with Gasteiger partial charge < -0.3 is 9.84 Å². The maximum Gasteiger partial charge on any atom is 0.265 e. The summed E-state index contributed by atoms with van der Waals surface area (Å²) in [6.45, 7) is 0. The van der Waals surface area contributed by atoms with Gasteiger partial charge in [-0.15, -0.1) is 11.3 Å². The Bertz CT molecular complexity index is 997. The number of anilines is 1. The molecular formula is C18H12N4O2S. The molecule has 0 fully saturated rings.